The molecule has 0 spiro atoms. The van der Waals surface area contributed by atoms with Crippen molar-refractivity contribution in [3.63, 3.8) is 0 Å². The maximum atomic E-state index is 12.3. The molecule has 0 saturated heterocycles. The first-order chi connectivity index (χ1) is 9.24. The molecule has 0 aromatic carbocycles. The van der Waals surface area contributed by atoms with Crippen LogP contribution in [0.2, 0.25) is 0 Å². The van der Waals surface area contributed by atoms with Crippen LogP contribution in [0.3, 0.4) is 0 Å². The molecule has 2 aliphatic carbocycles. The van der Waals surface area contributed by atoms with Gasteiger partial charge < -0.3 is 9.84 Å². The van der Waals surface area contributed by atoms with Crippen molar-refractivity contribution < 1.29 is 9.32 Å². The van der Waals surface area contributed by atoms with E-state index in [0.29, 0.717) is 17.7 Å². The first-order valence-electron chi connectivity index (χ1n) is 7.52. The molecule has 1 atom stereocenters. The fourth-order valence-electron chi connectivity index (χ4n) is 3.26. The maximum absolute atomic E-state index is 12.3. The Hall–Kier alpha value is -1.32. The van der Waals surface area contributed by atoms with Gasteiger partial charge in [-0.3, -0.25) is 4.79 Å². The SMILES string of the molecule is CC1CCc2onc(C(=O)NC3CCCCC3)c2C1. The van der Waals surface area contributed by atoms with Gasteiger partial charge in [-0.2, -0.15) is 0 Å². The molecule has 1 N–H and O–H groups in total. The van der Waals surface area contributed by atoms with Crippen molar-refractivity contribution in [3.05, 3.63) is 17.0 Å². The number of rotatable bonds is 2. The van der Waals surface area contributed by atoms with Gasteiger partial charge in [0.2, 0.25) is 0 Å². The lowest BCUT2D eigenvalue weighted by atomic mass is 9.88. The van der Waals surface area contributed by atoms with E-state index in [-0.39, 0.29) is 5.91 Å². The molecular formula is C15H22N2O2. The standard InChI is InChI=1S/C15H22N2O2/c1-10-7-8-13-12(9-10)14(17-19-13)15(18)16-11-5-3-2-4-6-11/h10-11H,2-9H2,1H3,(H,16,18). The minimum absolute atomic E-state index is 0.0361. The summed E-state index contributed by atoms with van der Waals surface area (Å²) in [6, 6.07) is 0.328. The van der Waals surface area contributed by atoms with Crippen LogP contribution in [-0.4, -0.2) is 17.1 Å². The van der Waals surface area contributed by atoms with E-state index in [1.54, 1.807) is 0 Å². The van der Waals surface area contributed by atoms with Crippen molar-refractivity contribution in [3.8, 4) is 0 Å². The van der Waals surface area contributed by atoms with Crippen LogP contribution < -0.4 is 5.32 Å². The Morgan fingerprint density at radius 3 is 2.84 bits per heavy atom. The zero-order chi connectivity index (χ0) is 13.2. The van der Waals surface area contributed by atoms with Crippen LogP contribution in [0.15, 0.2) is 4.52 Å². The lowest BCUT2D eigenvalue weighted by Crippen LogP contribution is -2.37. The van der Waals surface area contributed by atoms with Crippen LogP contribution in [0.5, 0.6) is 0 Å². The Morgan fingerprint density at radius 1 is 1.26 bits per heavy atom. The second kappa shape index (κ2) is 5.35. The van der Waals surface area contributed by atoms with Crippen molar-refractivity contribution in [2.75, 3.05) is 0 Å². The zero-order valence-electron chi connectivity index (χ0n) is 11.6. The lowest BCUT2D eigenvalue weighted by molar-refractivity contribution is 0.0917. The number of carbonyl (C=O) groups is 1. The average Bonchev–Trinajstić information content (AvgIpc) is 2.82. The van der Waals surface area contributed by atoms with Crippen LogP contribution in [0.4, 0.5) is 0 Å². The van der Waals surface area contributed by atoms with E-state index in [2.05, 4.69) is 17.4 Å². The summed E-state index contributed by atoms with van der Waals surface area (Å²) in [5, 5.41) is 7.14. The number of hydrogen-bond donors (Lipinski definition) is 1. The van der Waals surface area contributed by atoms with Gasteiger partial charge >= 0.3 is 0 Å². The number of nitrogens with zero attached hydrogens (tertiary/aromatic N) is 1. The molecule has 1 saturated carbocycles. The summed E-state index contributed by atoms with van der Waals surface area (Å²) in [6.45, 7) is 2.22. The van der Waals surface area contributed by atoms with Gasteiger partial charge in [0.25, 0.3) is 5.91 Å². The van der Waals surface area contributed by atoms with E-state index in [9.17, 15) is 4.79 Å². The Bertz CT molecular complexity index is 461. The number of amides is 1. The molecule has 0 radical (unpaired) electrons. The molecule has 4 heteroatoms. The number of hydrogen-bond acceptors (Lipinski definition) is 3. The number of aryl methyl sites for hydroxylation is 1. The summed E-state index contributed by atoms with van der Waals surface area (Å²) in [5.74, 6) is 1.51. The van der Waals surface area contributed by atoms with Crippen molar-refractivity contribution >= 4 is 5.91 Å². The van der Waals surface area contributed by atoms with Gasteiger partial charge in [0, 0.05) is 18.0 Å². The molecule has 104 valence electrons. The summed E-state index contributed by atoms with van der Waals surface area (Å²) in [6.07, 6.45) is 8.91. The second-order valence-corrected chi connectivity index (χ2v) is 6.09. The Kier molecular flexibility index (Phi) is 3.58. The first kappa shape index (κ1) is 12.7. The molecule has 1 amide bonds. The van der Waals surface area contributed by atoms with Gasteiger partial charge in [-0.15, -0.1) is 0 Å². The minimum atomic E-state index is -0.0361. The average molecular weight is 262 g/mol. The van der Waals surface area contributed by atoms with E-state index in [4.69, 9.17) is 4.52 Å². The number of nitrogens with one attached hydrogen (secondary N) is 1. The van der Waals surface area contributed by atoms with Crippen LogP contribution in [0, 0.1) is 5.92 Å². The largest absolute Gasteiger partial charge is 0.360 e. The van der Waals surface area contributed by atoms with Crippen LogP contribution in [-0.2, 0) is 12.8 Å². The third kappa shape index (κ3) is 2.67. The van der Waals surface area contributed by atoms with Gasteiger partial charge in [0.15, 0.2) is 5.69 Å². The number of carbonyl (C=O) groups excluding carboxylic acids is 1. The first-order valence-corrected chi connectivity index (χ1v) is 7.52. The van der Waals surface area contributed by atoms with Crippen molar-refractivity contribution in [2.45, 2.75) is 64.3 Å². The molecule has 1 heterocycles. The second-order valence-electron chi connectivity index (χ2n) is 6.09. The van der Waals surface area contributed by atoms with Crippen molar-refractivity contribution in [1.82, 2.24) is 10.5 Å². The van der Waals surface area contributed by atoms with E-state index >= 15 is 0 Å². The summed E-state index contributed by atoms with van der Waals surface area (Å²) in [5.41, 5.74) is 1.58. The molecule has 2 aliphatic rings. The molecule has 1 unspecified atom stereocenters. The van der Waals surface area contributed by atoms with Gasteiger partial charge in [0.1, 0.15) is 5.76 Å². The molecule has 1 aromatic rings. The Labute approximate surface area is 113 Å². The predicted octanol–water partition coefficient (Wildman–Crippen LogP) is 2.86. The number of aromatic nitrogens is 1. The highest BCUT2D eigenvalue weighted by molar-refractivity contribution is 5.94. The zero-order valence-corrected chi connectivity index (χ0v) is 11.6. The quantitative estimate of drug-likeness (QED) is 0.891. The molecule has 19 heavy (non-hydrogen) atoms. The van der Waals surface area contributed by atoms with E-state index in [1.165, 1.54) is 19.3 Å². The topological polar surface area (TPSA) is 55.1 Å². The number of fused-ring (bicyclic) bond motifs is 1. The highest BCUT2D eigenvalue weighted by Crippen LogP contribution is 2.28. The molecule has 4 nitrogen and oxygen atoms in total. The van der Waals surface area contributed by atoms with E-state index in [1.807, 2.05) is 0 Å². The fraction of sp³-hybridized carbons (Fsp3) is 0.733. The highest BCUT2D eigenvalue weighted by Gasteiger charge is 2.28. The smallest absolute Gasteiger partial charge is 0.273 e. The van der Waals surface area contributed by atoms with Gasteiger partial charge in [-0.1, -0.05) is 31.3 Å². The van der Waals surface area contributed by atoms with Crippen LogP contribution in [0.25, 0.3) is 0 Å². The molecule has 0 aliphatic heterocycles. The van der Waals surface area contributed by atoms with Crippen LogP contribution in [0.1, 0.15) is 67.3 Å². The van der Waals surface area contributed by atoms with E-state index < -0.39 is 0 Å². The predicted molar refractivity (Wildman–Crippen MR) is 72.0 cm³/mol. The Balaban J connectivity index is 1.71. The van der Waals surface area contributed by atoms with Gasteiger partial charge in [-0.25, -0.2) is 0 Å². The summed E-state index contributed by atoms with van der Waals surface area (Å²) in [7, 11) is 0. The molecule has 1 fully saturated rings. The monoisotopic (exact) mass is 262 g/mol. The molecule has 1 aromatic heterocycles. The molecule has 0 bridgehead atoms. The maximum Gasteiger partial charge on any atom is 0.273 e. The summed E-state index contributed by atoms with van der Waals surface area (Å²) in [4.78, 5) is 12.3. The molecule has 3 rings (SSSR count). The summed E-state index contributed by atoms with van der Waals surface area (Å²) >= 11 is 0. The van der Waals surface area contributed by atoms with Gasteiger partial charge in [-0.05, 0) is 31.6 Å². The fourth-order valence-corrected chi connectivity index (χ4v) is 3.26. The van der Waals surface area contributed by atoms with Gasteiger partial charge in [0.05, 0.1) is 0 Å². The van der Waals surface area contributed by atoms with E-state index in [0.717, 1.165) is 43.4 Å². The highest BCUT2D eigenvalue weighted by atomic mass is 16.5. The lowest BCUT2D eigenvalue weighted by Gasteiger charge is -2.22. The Morgan fingerprint density at radius 2 is 2.05 bits per heavy atom. The summed E-state index contributed by atoms with van der Waals surface area (Å²) < 4.78 is 5.33. The van der Waals surface area contributed by atoms with Crippen molar-refractivity contribution in [2.24, 2.45) is 5.92 Å². The third-order valence-corrected chi connectivity index (χ3v) is 4.44. The normalized spacial score (nSPS) is 23.9. The minimum Gasteiger partial charge on any atom is -0.360 e. The van der Waals surface area contributed by atoms with Crippen LogP contribution >= 0.6 is 0 Å². The molecular weight excluding hydrogens is 240 g/mol. The van der Waals surface area contributed by atoms with Crippen molar-refractivity contribution in [1.29, 1.82) is 0 Å². The third-order valence-electron chi connectivity index (χ3n) is 4.44.